The Morgan fingerprint density at radius 2 is 1.77 bits per heavy atom. The summed E-state index contributed by atoms with van der Waals surface area (Å²) >= 11 is 6.21. The number of carbonyl (C=O) groups is 2. The quantitative estimate of drug-likeness (QED) is 0.388. The standard InChI is InChI=1S/C31H40ClN5O3/c1-19(2)36(30(39)40-31(4,5)6)18-25(21-7-9-22(32)10-8-21)29(38)37-23-11-12-24(37)17-35(16-23)26-13-14-33-28-27(26)20(3)15-34-28/h7-10,13-15,19,23-25H,11-12,16-18H2,1-6H3,(H,33,34). The molecular weight excluding hydrogens is 526 g/mol. The lowest BCUT2D eigenvalue weighted by molar-refractivity contribution is -0.136. The Morgan fingerprint density at radius 3 is 2.38 bits per heavy atom. The van der Waals surface area contributed by atoms with Crippen LogP contribution >= 0.6 is 11.6 Å². The lowest BCUT2D eigenvalue weighted by Crippen LogP contribution is -2.58. The van der Waals surface area contributed by atoms with Crippen LogP contribution < -0.4 is 4.90 Å². The predicted molar refractivity (Wildman–Crippen MR) is 159 cm³/mol. The number of aromatic nitrogens is 2. The molecule has 9 heteroatoms. The van der Waals surface area contributed by atoms with E-state index in [1.807, 2.05) is 71.3 Å². The molecule has 214 valence electrons. The molecule has 0 aliphatic carbocycles. The van der Waals surface area contributed by atoms with Crippen molar-refractivity contribution in [3.63, 3.8) is 0 Å². The molecule has 3 aromatic rings. The minimum absolute atomic E-state index is 0.0568. The number of hydrogen-bond acceptors (Lipinski definition) is 5. The Morgan fingerprint density at radius 1 is 1.12 bits per heavy atom. The number of halogens is 1. The highest BCUT2D eigenvalue weighted by Gasteiger charge is 2.45. The van der Waals surface area contributed by atoms with E-state index in [9.17, 15) is 9.59 Å². The average Bonchev–Trinajstić information content (AvgIpc) is 3.39. The number of pyridine rings is 1. The number of nitrogens with zero attached hydrogens (tertiary/aromatic N) is 4. The number of anilines is 1. The van der Waals surface area contributed by atoms with E-state index < -0.39 is 17.6 Å². The zero-order valence-corrected chi connectivity index (χ0v) is 25.0. The van der Waals surface area contributed by atoms with E-state index in [0.29, 0.717) is 5.02 Å². The van der Waals surface area contributed by atoms with Crippen LogP contribution in [0.25, 0.3) is 11.0 Å². The summed E-state index contributed by atoms with van der Waals surface area (Å²) in [6.45, 7) is 13.3. The van der Waals surface area contributed by atoms with Crippen molar-refractivity contribution in [2.24, 2.45) is 0 Å². The van der Waals surface area contributed by atoms with Crippen molar-refractivity contribution >= 4 is 40.3 Å². The lowest BCUT2D eigenvalue weighted by Gasteiger charge is -2.44. The number of aryl methyl sites for hydroxylation is 1. The first-order valence-electron chi connectivity index (χ1n) is 14.2. The topological polar surface area (TPSA) is 81.8 Å². The Balaban J connectivity index is 1.43. The third kappa shape index (κ3) is 5.64. The van der Waals surface area contributed by atoms with Gasteiger partial charge in [-0.15, -0.1) is 0 Å². The number of aromatic amines is 1. The molecule has 1 N–H and O–H groups in total. The number of hydrogen-bond donors (Lipinski definition) is 1. The van der Waals surface area contributed by atoms with E-state index in [1.165, 1.54) is 5.56 Å². The summed E-state index contributed by atoms with van der Waals surface area (Å²) in [6.07, 6.45) is 5.35. The second-order valence-corrected chi connectivity index (χ2v) is 12.8. The molecule has 3 atom stereocenters. The van der Waals surface area contributed by atoms with Crippen LogP contribution in [-0.4, -0.2) is 75.1 Å². The SMILES string of the molecule is Cc1c[nH]c2nccc(N3CC4CCC(C3)N4C(=O)C(CN(C(=O)OC(C)(C)C)C(C)C)c3ccc(Cl)cc3)c12. The van der Waals surface area contributed by atoms with Crippen LogP contribution in [0.4, 0.5) is 10.5 Å². The van der Waals surface area contributed by atoms with Crippen LogP contribution in [0.2, 0.25) is 5.02 Å². The molecule has 0 spiro atoms. The maximum Gasteiger partial charge on any atom is 0.410 e. The molecule has 2 aromatic heterocycles. The Kier molecular flexibility index (Phi) is 7.75. The van der Waals surface area contributed by atoms with Crippen molar-refractivity contribution in [2.75, 3.05) is 24.5 Å². The molecule has 2 bridgehead atoms. The van der Waals surface area contributed by atoms with Crippen molar-refractivity contribution in [2.45, 2.75) is 84.0 Å². The number of benzene rings is 1. The van der Waals surface area contributed by atoms with Crippen LogP contribution in [0.1, 0.15) is 64.5 Å². The van der Waals surface area contributed by atoms with Gasteiger partial charge in [-0.1, -0.05) is 23.7 Å². The molecule has 0 saturated carbocycles. The highest BCUT2D eigenvalue weighted by atomic mass is 35.5. The highest BCUT2D eigenvalue weighted by molar-refractivity contribution is 6.30. The number of fused-ring (bicyclic) bond motifs is 3. The largest absolute Gasteiger partial charge is 0.444 e. The van der Waals surface area contributed by atoms with Crippen molar-refractivity contribution in [3.05, 3.63) is 58.9 Å². The van der Waals surface area contributed by atoms with Crippen molar-refractivity contribution < 1.29 is 14.3 Å². The number of H-pyrrole nitrogens is 1. The van der Waals surface area contributed by atoms with E-state index in [2.05, 4.69) is 32.8 Å². The maximum absolute atomic E-state index is 14.5. The van der Waals surface area contributed by atoms with Crippen LogP contribution in [-0.2, 0) is 9.53 Å². The van der Waals surface area contributed by atoms with Gasteiger partial charge in [0.2, 0.25) is 5.91 Å². The van der Waals surface area contributed by atoms with Gasteiger partial charge in [0.1, 0.15) is 11.2 Å². The predicted octanol–water partition coefficient (Wildman–Crippen LogP) is 6.13. The fraction of sp³-hybridized carbons (Fsp3) is 0.516. The van der Waals surface area contributed by atoms with Crippen LogP contribution in [0.3, 0.4) is 0 Å². The number of amides is 2. The minimum Gasteiger partial charge on any atom is -0.444 e. The molecule has 1 aromatic carbocycles. The van der Waals surface area contributed by atoms with Crippen LogP contribution in [0.15, 0.2) is 42.7 Å². The zero-order chi connectivity index (χ0) is 28.8. The molecule has 2 fully saturated rings. The van der Waals surface area contributed by atoms with Gasteiger partial charge in [0.15, 0.2) is 0 Å². The summed E-state index contributed by atoms with van der Waals surface area (Å²) in [7, 11) is 0. The molecule has 0 radical (unpaired) electrons. The number of ether oxygens (including phenoxy) is 1. The molecule has 4 heterocycles. The molecule has 2 aliphatic rings. The minimum atomic E-state index is -0.629. The summed E-state index contributed by atoms with van der Waals surface area (Å²) in [4.78, 5) is 41.6. The van der Waals surface area contributed by atoms with Gasteiger partial charge in [-0.05, 0) is 83.7 Å². The molecule has 3 unspecified atom stereocenters. The van der Waals surface area contributed by atoms with E-state index in [0.717, 1.165) is 48.2 Å². The second-order valence-electron chi connectivity index (χ2n) is 12.4. The summed E-state index contributed by atoms with van der Waals surface area (Å²) in [5.74, 6) is -0.470. The number of carbonyl (C=O) groups excluding carboxylic acids is 2. The van der Waals surface area contributed by atoms with E-state index >= 15 is 0 Å². The molecule has 8 nitrogen and oxygen atoms in total. The van der Waals surface area contributed by atoms with Gasteiger partial charge in [-0.3, -0.25) is 4.79 Å². The lowest BCUT2D eigenvalue weighted by atomic mass is 9.95. The smallest absolute Gasteiger partial charge is 0.410 e. The zero-order valence-electron chi connectivity index (χ0n) is 24.3. The van der Waals surface area contributed by atoms with Gasteiger partial charge in [0.05, 0.1) is 5.92 Å². The molecule has 2 amide bonds. The first-order valence-corrected chi connectivity index (χ1v) is 14.6. The van der Waals surface area contributed by atoms with Gasteiger partial charge in [0.25, 0.3) is 0 Å². The van der Waals surface area contributed by atoms with Gasteiger partial charge < -0.3 is 24.4 Å². The first kappa shape index (κ1) is 28.3. The third-order valence-corrected chi connectivity index (χ3v) is 8.28. The molecule has 2 saturated heterocycles. The normalized spacial score (nSPS) is 19.8. The first-order chi connectivity index (χ1) is 18.9. The van der Waals surface area contributed by atoms with Crippen molar-refractivity contribution in [3.8, 4) is 0 Å². The van der Waals surface area contributed by atoms with E-state index in [-0.39, 0.29) is 30.6 Å². The van der Waals surface area contributed by atoms with E-state index in [1.54, 1.807) is 4.90 Å². The molecule has 40 heavy (non-hydrogen) atoms. The van der Waals surface area contributed by atoms with Crippen LogP contribution in [0.5, 0.6) is 0 Å². The summed E-state index contributed by atoms with van der Waals surface area (Å²) in [6, 6.07) is 9.56. The molecule has 2 aliphatic heterocycles. The molecular formula is C31H40ClN5O3. The fourth-order valence-electron chi connectivity index (χ4n) is 6.14. The van der Waals surface area contributed by atoms with Gasteiger partial charge in [0, 0.05) is 66.2 Å². The van der Waals surface area contributed by atoms with Crippen LogP contribution in [0, 0.1) is 6.92 Å². The highest BCUT2D eigenvalue weighted by Crippen LogP contribution is 2.38. The Labute approximate surface area is 241 Å². The van der Waals surface area contributed by atoms with Gasteiger partial charge in [-0.25, -0.2) is 9.78 Å². The Bertz CT molecular complexity index is 1370. The maximum atomic E-state index is 14.5. The Hall–Kier alpha value is -3.26. The number of nitrogens with one attached hydrogen (secondary N) is 1. The number of piperazine rings is 1. The van der Waals surface area contributed by atoms with Crippen molar-refractivity contribution in [1.29, 1.82) is 0 Å². The summed E-state index contributed by atoms with van der Waals surface area (Å²) in [5.41, 5.74) is 3.44. The summed E-state index contributed by atoms with van der Waals surface area (Å²) in [5, 5.41) is 1.76. The second kappa shape index (κ2) is 11.0. The van der Waals surface area contributed by atoms with E-state index in [4.69, 9.17) is 16.3 Å². The average molecular weight is 566 g/mol. The molecule has 5 rings (SSSR count). The fourth-order valence-corrected chi connectivity index (χ4v) is 6.26. The monoisotopic (exact) mass is 565 g/mol. The summed E-state index contributed by atoms with van der Waals surface area (Å²) < 4.78 is 5.72. The van der Waals surface area contributed by atoms with Gasteiger partial charge >= 0.3 is 6.09 Å². The number of rotatable bonds is 6. The van der Waals surface area contributed by atoms with Gasteiger partial charge in [-0.2, -0.15) is 0 Å². The third-order valence-electron chi connectivity index (χ3n) is 8.03. The van der Waals surface area contributed by atoms with Crippen molar-refractivity contribution in [1.82, 2.24) is 19.8 Å².